The molecular weight excluding hydrogens is 312 g/mol. The molecule has 1 atom stereocenters. The molecule has 6 heteroatoms. The molecule has 1 saturated heterocycles. The van der Waals surface area contributed by atoms with Gasteiger partial charge >= 0.3 is 0 Å². The van der Waals surface area contributed by atoms with Gasteiger partial charge in [0.1, 0.15) is 0 Å². The molecule has 1 unspecified atom stereocenters. The van der Waals surface area contributed by atoms with Gasteiger partial charge in [-0.3, -0.25) is 14.6 Å². The van der Waals surface area contributed by atoms with Crippen LogP contribution in [0.15, 0.2) is 53.8 Å². The lowest BCUT2D eigenvalue weighted by atomic mass is 10.2. The number of benzene rings is 1. The van der Waals surface area contributed by atoms with Crippen molar-refractivity contribution in [2.75, 3.05) is 26.7 Å². The van der Waals surface area contributed by atoms with Gasteiger partial charge in [-0.15, -0.1) is 0 Å². The Bertz CT molecular complexity index is 637. The summed E-state index contributed by atoms with van der Waals surface area (Å²) in [5, 5.41) is 11.0. The quantitative estimate of drug-likeness (QED) is 0.595. The topological polar surface area (TPSA) is 57.5 Å². The van der Waals surface area contributed by atoms with Gasteiger partial charge in [-0.2, -0.15) is 5.10 Å². The molecule has 134 valence electrons. The highest BCUT2D eigenvalue weighted by Crippen LogP contribution is 2.19. The van der Waals surface area contributed by atoms with E-state index < -0.39 is 0 Å². The number of nitrogens with one attached hydrogen (secondary N) is 2. The van der Waals surface area contributed by atoms with Gasteiger partial charge in [-0.25, -0.2) is 0 Å². The molecule has 2 heterocycles. The predicted octanol–water partition coefficient (Wildman–Crippen LogP) is 1.71. The van der Waals surface area contributed by atoms with Crippen molar-refractivity contribution < 1.29 is 0 Å². The third kappa shape index (κ3) is 5.32. The highest BCUT2D eigenvalue weighted by Gasteiger charge is 2.24. The molecule has 6 nitrogen and oxygen atoms in total. The fraction of sp³-hybridized carbons (Fsp3) is 0.474. The van der Waals surface area contributed by atoms with Crippen LogP contribution in [0.4, 0.5) is 0 Å². The average molecular weight is 340 g/mol. The van der Waals surface area contributed by atoms with Crippen LogP contribution in [0.2, 0.25) is 0 Å². The van der Waals surface area contributed by atoms with Crippen molar-refractivity contribution in [2.45, 2.75) is 32.0 Å². The van der Waals surface area contributed by atoms with E-state index in [2.05, 4.69) is 56.0 Å². The molecule has 0 spiro atoms. The van der Waals surface area contributed by atoms with E-state index >= 15 is 0 Å². The molecule has 0 amide bonds. The van der Waals surface area contributed by atoms with Crippen LogP contribution in [-0.4, -0.2) is 53.4 Å². The second kappa shape index (κ2) is 9.22. The van der Waals surface area contributed by atoms with Crippen LogP contribution in [0.25, 0.3) is 0 Å². The first-order valence-electron chi connectivity index (χ1n) is 9.05. The van der Waals surface area contributed by atoms with Gasteiger partial charge in [-0.1, -0.05) is 30.3 Å². The minimum absolute atomic E-state index is 0.560. The number of rotatable bonds is 7. The summed E-state index contributed by atoms with van der Waals surface area (Å²) >= 11 is 0. The zero-order chi connectivity index (χ0) is 17.3. The lowest BCUT2D eigenvalue weighted by Crippen LogP contribution is -2.45. The second-order valence-electron chi connectivity index (χ2n) is 6.40. The van der Waals surface area contributed by atoms with Crippen molar-refractivity contribution in [1.29, 1.82) is 0 Å². The molecule has 1 aromatic heterocycles. The number of aliphatic imine (C=N–C) groups is 1. The minimum Gasteiger partial charge on any atom is -0.355 e. The fourth-order valence-corrected chi connectivity index (χ4v) is 3.31. The number of hydrogen-bond donors (Lipinski definition) is 2. The first kappa shape index (κ1) is 17.5. The fourth-order valence-electron chi connectivity index (χ4n) is 3.31. The first-order valence-corrected chi connectivity index (χ1v) is 9.05. The number of nitrogens with zero attached hydrogens (tertiary/aromatic N) is 4. The molecule has 25 heavy (non-hydrogen) atoms. The lowest BCUT2D eigenvalue weighted by Gasteiger charge is -2.25. The summed E-state index contributed by atoms with van der Waals surface area (Å²) in [7, 11) is 1.82. The molecule has 0 radical (unpaired) electrons. The molecule has 1 aliphatic rings. The summed E-state index contributed by atoms with van der Waals surface area (Å²) in [6.07, 6.45) is 6.28. The van der Waals surface area contributed by atoms with Crippen molar-refractivity contribution in [2.24, 2.45) is 4.99 Å². The van der Waals surface area contributed by atoms with Gasteiger partial charge in [0.15, 0.2) is 5.96 Å². The van der Waals surface area contributed by atoms with Crippen LogP contribution in [0.1, 0.15) is 18.4 Å². The van der Waals surface area contributed by atoms with E-state index in [1.165, 1.54) is 24.9 Å². The van der Waals surface area contributed by atoms with Gasteiger partial charge in [0.2, 0.25) is 0 Å². The van der Waals surface area contributed by atoms with E-state index in [0.29, 0.717) is 6.04 Å². The number of hydrogen-bond acceptors (Lipinski definition) is 3. The van der Waals surface area contributed by atoms with E-state index in [4.69, 9.17) is 0 Å². The Morgan fingerprint density at radius 2 is 2.12 bits per heavy atom. The molecule has 1 aliphatic heterocycles. The Morgan fingerprint density at radius 1 is 1.24 bits per heavy atom. The Morgan fingerprint density at radius 3 is 2.88 bits per heavy atom. The summed E-state index contributed by atoms with van der Waals surface area (Å²) < 4.78 is 1.92. The molecule has 0 bridgehead atoms. The van der Waals surface area contributed by atoms with E-state index in [-0.39, 0.29) is 0 Å². The van der Waals surface area contributed by atoms with Gasteiger partial charge < -0.3 is 10.6 Å². The highest BCUT2D eigenvalue weighted by atomic mass is 15.3. The first-order chi connectivity index (χ1) is 12.3. The van der Waals surface area contributed by atoms with Gasteiger partial charge in [0, 0.05) is 45.1 Å². The summed E-state index contributed by atoms with van der Waals surface area (Å²) in [5.74, 6) is 0.860. The largest absolute Gasteiger partial charge is 0.355 e. The minimum atomic E-state index is 0.560. The molecule has 0 saturated carbocycles. The van der Waals surface area contributed by atoms with E-state index in [1.54, 1.807) is 6.20 Å². The monoisotopic (exact) mass is 340 g/mol. The number of guanidine groups is 1. The predicted molar refractivity (Wildman–Crippen MR) is 101 cm³/mol. The SMILES string of the molecule is CN=C(NCCn1cccn1)NCC1CCCN1Cc1ccccc1. The Hall–Kier alpha value is -2.34. The summed E-state index contributed by atoms with van der Waals surface area (Å²) in [4.78, 5) is 6.89. The Labute approximate surface area is 149 Å². The molecule has 1 aromatic carbocycles. The van der Waals surface area contributed by atoms with Crippen LogP contribution in [0.5, 0.6) is 0 Å². The van der Waals surface area contributed by atoms with Crippen LogP contribution in [-0.2, 0) is 13.1 Å². The van der Waals surface area contributed by atoms with Crippen molar-refractivity contribution in [3.8, 4) is 0 Å². The highest BCUT2D eigenvalue weighted by molar-refractivity contribution is 5.79. The zero-order valence-corrected chi connectivity index (χ0v) is 14.9. The maximum absolute atomic E-state index is 4.32. The molecule has 0 aliphatic carbocycles. The van der Waals surface area contributed by atoms with Gasteiger partial charge in [-0.05, 0) is 31.0 Å². The molecular formula is C19H28N6. The summed E-state index contributed by atoms with van der Waals surface area (Å²) in [6, 6.07) is 13.2. The molecule has 3 rings (SSSR count). The van der Waals surface area contributed by atoms with Crippen LogP contribution in [0.3, 0.4) is 0 Å². The zero-order valence-electron chi connectivity index (χ0n) is 14.9. The average Bonchev–Trinajstić information content (AvgIpc) is 3.31. The van der Waals surface area contributed by atoms with Crippen molar-refractivity contribution in [1.82, 2.24) is 25.3 Å². The third-order valence-electron chi connectivity index (χ3n) is 4.65. The van der Waals surface area contributed by atoms with Crippen molar-refractivity contribution in [3.63, 3.8) is 0 Å². The molecule has 1 fully saturated rings. The van der Waals surface area contributed by atoms with E-state index in [0.717, 1.165) is 32.1 Å². The number of aromatic nitrogens is 2. The maximum atomic E-state index is 4.32. The molecule has 2 aromatic rings. The third-order valence-corrected chi connectivity index (χ3v) is 4.65. The van der Waals surface area contributed by atoms with Crippen LogP contribution < -0.4 is 10.6 Å². The summed E-state index contributed by atoms with van der Waals surface area (Å²) in [6.45, 7) is 4.76. The van der Waals surface area contributed by atoms with Crippen LogP contribution in [0, 0.1) is 0 Å². The maximum Gasteiger partial charge on any atom is 0.191 e. The van der Waals surface area contributed by atoms with E-state index in [1.807, 2.05) is 24.0 Å². The smallest absolute Gasteiger partial charge is 0.191 e. The second-order valence-corrected chi connectivity index (χ2v) is 6.40. The van der Waals surface area contributed by atoms with Crippen LogP contribution >= 0.6 is 0 Å². The lowest BCUT2D eigenvalue weighted by molar-refractivity contribution is 0.245. The summed E-state index contributed by atoms with van der Waals surface area (Å²) in [5.41, 5.74) is 1.39. The number of likely N-dealkylation sites (tertiary alicyclic amines) is 1. The van der Waals surface area contributed by atoms with Crippen molar-refractivity contribution in [3.05, 3.63) is 54.4 Å². The normalized spacial score (nSPS) is 18.4. The standard InChI is InChI=1S/C19H28N6/c1-20-19(21-11-14-25-13-6-10-23-25)22-15-18-9-5-12-24(18)16-17-7-3-2-4-8-17/h2-4,6-8,10,13,18H,5,9,11-12,14-16H2,1H3,(H2,20,21,22). The Kier molecular flexibility index (Phi) is 6.45. The van der Waals surface area contributed by atoms with Crippen molar-refractivity contribution >= 4 is 5.96 Å². The molecule has 2 N–H and O–H groups in total. The van der Waals surface area contributed by atoms with Gasteiger partial charge in [0.25, 0.3) is 0 Å². The Balaban J connectivity index is 1.42. The van der Waals surface area contributed by atoms with E-state index in [9.17, 15) is 0 Å². The van der Waals surface area contributed by atoms with Gasteiger partial charge in [0.05, 0.1) is 6.54 Å².